The average molecular weight is 221 g/mol. The van der Waals surface area contributed by atoms with Gasteiger partial charge in [0, 0.05) is 5.41 Å². The van der Waals surface area contributed by atoms with E-state index < -0.39 is 12.6 Å². The Morgan fingerprint density at radius 3 is 2.14 bits per heavy atom. The van der Waals surface area contributed by atoms with Gasteiger partial charge in [0.25, 0.3) is 0 Å². The fourth-order valence-corrected chi connectivity index (χ4v) is 0.375. The summed E-state index contributed by atoms with van der Waals surface area (Å²) >= 11 is 4.91. The summed E-state index contributed by atoms with van der Waals surface area (Å²) in [6, 6.07) is 0. The second kappa shape index (κ2) is 7.70. The van der Waals surface area contributed by atoms with Gasteiger partial charge in [0.15, 0.2) is 6.61 Å². The summed E-state index contributed by atoms with van der Waals surface area (Å²) in [7, 11) is 0. The largest absolute Gasteiger partial charge is 0.479 e. The summed E-state index contributed by atoms with van der Waals surface area (Å²) in [5, 5.41) is 8.22. The van der Waals surface area contributed by atoms with E-state index in [0.717, 1.165) is 0 Å². The van der Waals surface area contributed by atoms with Crippen LogP contribution in [0.5, 0.6) is 0 Å². The topological polar surface area (TPSA) is 58.6 Å². The molecule has 0 heterocycles. The molecule has 0 aliphatic rings. The zero-order valence-corrected chi connectivity index (χ0v) is 10.2. The molecule has 0 bridgehead atoms. The van der Waals surface area contributed by atoms with E-state index in [9.17, 15) is 4.79 Å². The maximum atomic E-state index is 10.0. The normalized spacial score (nSPS) is 9.79. The summed E-state index contributed by atoms with van der Waals surface area (Å²) < 4.78 is 0. The van der Waals surface area contributed by atoms with E-state index in [-0.39, 0.29) is 5.41 Å². The molecule has 2 N–H and O–H groups in total. The SMILES string of the molecule is CC.CC(C)(C)C(=S)NOCC(=O)O. The third kappa shape index (κ3) is 9.41. The molecule has 0 aliphatic carbocycles. The Kier molecular flexibility index (Phi) is 8.68. The van der Waals surface area contributed by atoms with Crippen molar-refractivity contribution in [2.75, 3.05) is 6.61 Å². The molecule has 0 aromatic heterocycles. The van der Waals surface area contributed by atoms with Crippen molar-refractivity contribution in [1.29, 1.82) is 0 Å². The highest BCUT2D eigenvalue weighted by Gasteiger charge is 2.16. The number of carbonyl (C=O) groups is 1. The lowest BCUT2D eigenvalue weighted by Crippen LogP contribution is -2.34. The van der Waals surface area contributed by atoms with Gasteiger partial charge in [0.1, 0.15) is 4.99 Å². The molecule has 0 aromatic carbocycles. The second-order valence-corrected chi connectivity index (χ2v) is 3.77. The Balaban J connectivity index is 0. The minimum absolute atomic E-state index is 0.201. The molecule has 0 saturated carbocycles. The van der Waals surface area contributed by atoms with E-state index in [1.165, 1.54) is 0 Å². The first-order valence-electron chi connectivity index (χ1n) is 4.48. The summed E-state index contributed by atoms with van der Waals surface area (Å²) in [6.07, 6.45) is 0. The molecular weight excluding hydrogens is 202 g/mol. The van der Waals surface area contributed by atoms with E-state index in [0.29, 0.717) is 4.99 Å². The van der Waals surface area contributed by atoms with Crippen molar-refractivity contribution >= 4 is 23.2 Å². The van der Waals surface area contributed by atoms with Crippen LogP contribution in [0.25, 0.3) is 0 Å². The van der Waals surface area contributed by atoms with E-state index in [1.807, 2.05) is 34.6 Å². The van der Waals surface area contributed by atoms with Gasteiger partial charge in [0.2, 0.25) is 0 Å². The van der Waals surface area contributed by atoms with Gasteiger partial charge < -0.3 is 5.11 Å². The molecule has 0 amide bonds. The Morgan fingerprint density at radius 2 is 1.86 bits per heavy atom. The molecule has 0 atom stereocenters. The van der Waals surface area contributed by atoms with Crippen LogP contribution in [0.4, 0.5) is 0 Å². The summed E-state index contributed by atoms with van der Waals surface area (Å²) in [6.45, 7) is 9.33. The third-order valence-corrected chi connectivity index (χ3v) is 1.74. The van der Waals surface area contributed by atoms with Gasteiger partial charge >= 0.3 is 5.97 Å². The monoisotopic (exact) mass is 221 g/mol. The molecule has 84 valence electrons. The van der Waals surface area contributed by atoms with Gasteiger partial charge in [-0.1, -0.05) is 46.8 Å². The lowest BCUT2D eigenvalue weighted by Gasteiger charge is -2.19. The van der Waals surface area contributed by atoms with Crippen LogP contribution in [0.15, 0.2) is 0 Å². The predicted octanol–water partition coefficient (Wildman–Crippen LogP) is 1.99. The number of carboxylic acids is 1. The molecule has 0 radical (unpaired) electrons. The smallest absolute Gasteiger partial charge is 0.332 e. The van der Waals surface area contributed by atoms with Crippen molar-refractivity contribution in [2.45, 2.75) is 34.6 Å². The summed E-state index contributed by atoms with van der Waals surface area (Å²) in [5.74, 6) is -1.03. The lowest BCUT2D eigenvalue weighted by molar-refractivity contribution is -0.143. The van der Waals surface area contributed by atoms with Crippen molar-refractivity contribution in [1.82, 2.24) is 5.48 Å². The van der Waals surface area contributed by atoms with Crippen molar-refractivity contribution < 1.29 is 14.7 Å². The van der Waals surface area contributed by atoms with Gasteiger partial charge in [0.05, 0.1) is 0 Å². The minimum atomic E-state index is -1.03. The molecule has 0 unspecified atom stereocenters. The van der Waals surface area contributed by atoms with Crippen molar-refractivity contribution in [3.8, 4) is 0 Å². The van der Waals surface area contributed by atoms with Crippen LogP contribution in [0.1, 0.15) is 34.6 Å². The van der Waals surface area contributed by atoms with Crippen molar-refractivity contribution in [2.24, 2.45) is 5.41 Å². The molecule has 0 spiro atoms. The Bertz CT molecular complexity index is 187. The number of nitrogens with one attached hydrogen (secondary N) is 1. The molecule has 14 heavy (non-hydrogen) atoms. The highest BCUT2D eigenvalue weighted by atomic mass is 32.1. The van der Waals surface area contributed by atoms with E-state index >= 15 is 0 Å². The maximum absolute atomic E-state index is 10.0. The van der Waals surface area contributed by atoms with Crippen LogP contribution in [-0.2, 0) is 9.63 Å². The highest BCUT2D eigenvalue weighted by molar-refractivity contribution is 7.80. The van der Waals surface area contributed by atoms with Crippen molar-refractivity contribution in [3.05, 3.63) is 0 Å². The molecule has 0 aliphatic heterocycles. The van der Waals surface area contributed by atoms with E-state index in [1.54, 1.807) is 0 Å². The lowest BCUT2D eigenvalue weighted by atomic mass is 9.97. The number of thiocarbonyl (C=S) groups is 1. The van der Waals surface area contributed by atoms with Crippen LogP contribution in [0, 0.1) is 5.41 Å². The Labute approximate surface area is 90.6 Å². The zero-order chi connectivity index (χ0) is 11.8. The number of hydrogen-bond donors (Lipinski definition) is 2. The van der Waals surface area contributed by atoms with Gasteiger partial charge in [-0.05, 0) is 0 Å². The molecule has 0 fully saturated rings. The molecular formula is C9H19NO3S. The zero-order valence-electron chi connectivity index (χ0n) is 9.38. The van der Waals surface area contributed by atoms with Crippen LogP contribution in [-0.4, -0.2) is 22.7 Å². The van der Waals surface area contributed by atoms with Crippen LogP contribution >= 0.6 is 12.2 Å². The van der Waals surface area contributed by atoms with Gasteiger partial charge in [-0.25, -0.2) is 4.79 Å². The highest BCUT2D eigenvalue weighted by Crippen LogP contribution is 2.13. The molecule has 4 nitrogen and oxygen atoms in total. The molecule has 0 saturated heterocycles. The van der Waals surface area contributed by atoms with Gasteiger partial charge in [-0.3, -0.25) is 10.3 Å². The Morgan fingerprint density at radius 1 is 1.43 bits per heavy atom. The maximum Gasteiger partial charge on any atom is 0.332 e. The van der Waals surface area contributed by atoms with Crippen LogP contribution in [0.2, 0.25) is 0 Å². The molecule has 0 aromatic rings. The van der Waals surface area contributed by atoms with Gasteiger partial charge in [-0.15, -0.1) is 0 Å². The standard InChI is InChI=1S/C7H13NO3S.C2H6/c1-7(2,3)6(12)8-11-4-5(9)10;1-2/h4H2,1-3H3,(H,8,12)(H,9,10);1-2H3. The first-order chi connectivity index (χ1) is 6.34. The van der Waals surface area contributed by atoms with Gasteiger partial charge in [-0.2, -0.15) is 0 Å². The second-order valence-electron chi connectivity index (χ2n) is 3.36. The molecule has 0 rings (SSSR count). The third-order valence-electron chi connectivity index (χ3n) is 1.04. The fraction of sp³-hybridized carbons (Fsp3) is 0.778. The summed E-state index contributed by atoms with van der Waals surface area (Å²) in [4.78, 5) is 15.1. The summed E-state index contributed by atoms with van der Waals surface area (Å²) in [5.41, 5.74) is 2.20. The quantitative estimate of drug-likeness (QED) is 0.564. The van der Waals surface area contributed by atoms with Crippen LogP contribution in [0.3, 0.4) is 0 Å². The number of hydrogen-bond acceptors (Lipinski definition) is 3. The predicted molar refractivity (Wildman–Crippen MR) is 60.1 cm³/mol. The van der Waals surface area contributed by atoms with Crippen LogP contribution < -0.4 is 5.48 Å². The first kappa shape index (κ1) is 15.8. The number of carboxylic acid groups (broad SMARTS) is 1. The fourth-order valence-electron chi connectivity index (χ4n) is 0.316. The minimum Gasteiger partial charge on any atom is -0.479 e. The Hall–Kier alpha value is -0.680. The number of aliphatic carboxylic acids is 1. The average Bonchev–Trinajstić information content (AvgIpc) is 2.05. The van der Waals surface area contributed by atoms with E-state index in [4.69, 9.17) is 17.3 Å². The molecule has 5 heteroatoms. The van der Waals surface area contributed by atoms with Crippen molar-refractivity contribution in [3.63, 3.8) is 0 Å². The first-order valence-corrected chi connectivity index (χ1v) is 4.89. The van der Waals surface area contributed by atoms with E-state index in [2.05, 4.69) is 10.3 Å². The number of rotatable bonds is 3. The number of hydroxylamine groups is 1.